The van der Waals surface area contributed by atoms with Crippen LogP contribution in [0.2, 0.25) is 0 Å². The molecule has 330 valence electrons. The maximum atomic E-state index is 6.78. The van der Waals surface area contributed by atoms with Gasteiger partial charge >= 0.3 is 0 Å². The summed E-state index contributed by atoms with van der Waals surface area (Å²) in [5.74, 6) is 2.40. The van der Waals surface area contributed by atoms with Gasteiger partial charge in [0.05, 0.1) is 11.0 Å². The summed E-state index contributed by atoms with van der Waals surface area (Å²) in [6, 6.07) is 61.3. The van der Waals surface area contributed by atoms with Crippen molar-refractivity contribution in [1.29, 1.82) is 0 Å². The van der Waals surface area contributed by atoms with E-state index < -0.39 is 0 Å². The highest BCUT2D eigenvalue weighted by molar-refractivity contribution is 6.09. The van der Waals surface area contributed by atoms with Crippen LogP contribution in [0.3, 0.4) is 0 Å². The summed E-state index contributed by atoms with van der Waals surface area (Å²) in [6.45, 7) is 20.3. The van der Waals surface area contributed by atoms with Crippen molar-refractivity contribution in [1.82, 2.24) is 14.1 Å². The molecule has 0 aliphatic rings. The van der Waals surface area contributed by atoms with Crippen LogP contribution in [0.15, 0.2) is 182 Å². The molecule has 6 heteroatoms. The molecule has 0 saturated heterocycles. The Hall–Kier alpha value is -6.95. The van der Waals surface area contributed by atoms with Crippen LogP contribution in [0.5, 0.6) is 11.5 Å². The zero-order valence-electron chi connectivity index (χ0n) is 39.4. The molecule has 0 aliphatic carbocycles. The Bertz CT molecular complexity index is 3320. The Morgan fingerprint density at radius 3 is 1.67 bits per heavy atom. The number of benzene rings is 7. The lowest BCUT2D eigenvalue weighted by atomic mass is 9.85. The Morgan fingerprint density at radius 2 is 1.03 bits per heavy atom. The first kappa shape index (κ1) is 44.3. The molecular formula is C60H57ClN4O. The van der Waals surface area contributed by atoms with Gasteiger partial charge in [0, 0.05) is 40.2 Å². The molecule has 5 nitrogen and oxygen atoms in total. The highest BCUT2D eigenvalue weighted by Crippen LogP contribution is 2.39. The molecule has 0 amide bonds. The van der Waals surface area contributed by atoms with E-state index in [-0.39, 0.29) is 28.7 Å². The van der Waals surface area contributed by atoms with Crippen LogP contribution in [-0.4, -0.2) is 14.1 Å². The van der Waals surface area contributed by atoms with Crippen LogP contribution >= 0.6 is 0 Å². The predicted molar refractivity (Wildman–Crippen MR) is 270 cm³/mol. The fourth-order valence-electron chi connectivity index (χ4n) is 9.16. The second-order valence-corrected chi connectivity index (χ2v) is 20.5. The monoisotopic (exact) mass is 884 g/mol. The van der Waals surface area contributed by atoms with Crippen molar-refractivity contribution in [2.75, 3.05) is 0 Å². The van der Waals surface area contributed by atoms with Gasteiger partial charge < -0.3 is 17.1 Å². The lowest BCUT2D eigenvalue weighted by molar-refractivity contribution is -0.566. The van der Waals surface area contributed by atoms with Gasteiger partial charge in [0.1, 0.15) is 28.7 Å². The van der Waals surface area contributed by atoms with E-state index in [1.807, 2.05) is 12.3 Å². The molecule has 0 atom stereocenters. The second-order valence-electron chi connectivity index (χ2n) is 20.5. The maximum absolute atomic E-state index is 6.78. The first-order valence-electron chi connectivity index (χ1n) is 22.8. The number of halogens is 1. The smallest absolute Gasteiger partial charge is 0.255 e. The lowest BCUT2D eigenvalue weighted by Crippen LogP contribution is -3.00. The molecule has 7 aromatic carbocycles. The second kappa shape index (κ2) is 16.8. The molecule has 3 aromatic heterocycles. The summed E-state index contributed by atoms with van der Waals surface area (Å²) >= 11 is 0. The Kier molecular flexibility index (Phi) is 11.3. The molecule has 66 heavy (non-hydrogen) atoms. The molecule has 3 heterocycles. The van der Waals surface area contributed by atoms with E-state index in [2.05, 4.69) is 246 Å². The standard InChI is InChI=1S/C60H57N4O.ClH/c1-58(2,3)42-28-24-40(25-29-42)48-19-15-20-49(41-26-30-43(31-27-41)59(4,5)6)57(48)63-39-62(53-22-12-13-23-54(53)63)45-16-14-17-46(37-45)65-47-32-33-51-50-18-10-11-21-52(50)64(55(51)38-47)56-36-44(34-35-61-56)60(7,8)9;/h10-39H,1-9H3;1H/q+1;/p-1. The minimum Gasteiger partial charge on any atom is -1.00 e. The van der Waals surface area contributed by atoms with Gasteiger partial charge in [-0.3, -0.25) is 4.57 Å². The van der Waals surface area contributed by atoms with Gasteiger partial charge in [-0.25, -0.2) is 4.98 Å². The fourth-order valence-corrected chi connectivity index (χ4v) is 9.16. The minimum absolute atomic E-state index is 0. The summed E-state index contributed by atoms with van der Waals surface area (Å²) in [5, 5.41) is 2.34. The van der Waals surface area contributed by atoms with Gasteiger partial charge in [-0.15, -0.1) is 0 Å². The summed E-state index contributed by atoms with van der Waals surface area (Å²) in [7, 11) is 0. The van der Waals surface area contributed by atoms with E-state index in [4.69, 9.17) is 9.72 Å². The van der Waals surface area contributed by atoms with Crippen LogP contribution in [-0.2, 0) is 16.2 Å². The number of aromatic nitrogens is 4. The fraction of sp³-hybridized carbons (Fsp3) is 0.200. The van der Waals surface area contributed by atoms with Gasteiger partial charge in [0.15, 0.2) is 11.0 Å². The molecule has 0 bridgehead atoms. The van der Waals surface area contributed by atoms with E-state index in [9.17, 15) is 0 Å². The minimum atomic E-state index is -0.0114. The number of para-hydroxylation sites is 4. The average Bonchev–Trinajstić information content (AvgIpc) is 3.84. The molecule has 0 unspecified atom stereocenters. The van der Waals surface area contributed by atoms with Crippen molar-refractivity contribution < 1.29 is 21.7 Å². The molecular weight excluding hydrogens is 828 g/mol. The average molecular weight is 886 g/mol. The zero-order valence-corrected chi connectivity index (χ0v) is 40.2. The number of fused-ring (bicyclic) bond motifs is 4. The zero-order chi connectivity index (χ0) is 45.3. The third kappa shape index (κ3) is 8.18. The Labute approximate surface area is 395 Å². The highest BCUT2D eigenvalue weighted by Gasteiger charge is 2.26. The quantitative estimate of drug-likeness (QED) is 0.150. The van der Waals surface area contributed by atoms with Gasteiger partial charge in [-0.1, -0.05) is 165 Å². The molecule has 0 saturated carbocycles. The van der Waals surface area contributed by atoms with Crippen molar-refractivity contribution in [3.8, 4) is 50.9 Å². The maximum Gasteiger partial charge on any atom is 0.255 e. The van der Waals surface area contributed by atoms with Gasteiger partial charge in [-0.2, -0.15) is 9.13 Å². The van der Waals surface area contributed by atoms with Gasteiger partial charge in [-0.05, 0) is 98.7 Å². The number of imidazole rings is 1. The topological polar surface area (TPSA) is 35.9 Å². The van der Waals surface area contributed by atoms with Crippen LogP contribution in [0.1, 0.15) is 79.0 Å². The van der Waals surface area contributed by atoms with Crippen molar-refractivity contribution in [2.45, 2.75) is 78.6 Å². The number of rotatable bonds is 7. The van der Waals surface area contributed by atoms with Crippen molar-refractivity contribution in [3.05, 3.63) is 199 Å². The molecule has 0 fully saturated rings. The van der Waals surface area contributed by atoms with Crippen LogP contribution in [0, 0.1) is 0 Å². The third-order valence-corrected chi connectivity index (χ3v) is 12.8. The molecule has 0 spiro atoms. The van der Waals surface area contributed by atoms with E-state index in [1.54, 1.807) is 0 Å². The van der Waals surface area contributed by atoms with Crippen LogP contribution in [0.4, 0.5) is 0 Å². The SMILES string of the molecule is CC(C)(C)c1ccc(-c2cccc(-c3ccc(C(C)(C)C)cc3)c2-[n+]2cn(-c3cccc(Oc4ccc5c6ccccc6n(-c6cc(C(C)(C)C)ccn6)c5c4)c3)c3ccccc32)cc1.[Cl-]. The largest absolute Gasteiger partial charge is 1.00 e. The summed E-state index contributed by atoms with van der Waals surface area (Å²) in [6.07, 6.45) is 4.16. The molecule has 10 aromatic rings. The van der Waals surface area contributed by atoms with Gasteiger partial charge in [0.25, 0.3) is 6.33 Å². The number of nitrogens with zero attached hydrogens (tertiary/aromatic N) is 4. The number of pyridine rings is 1. The number of hydrogen-bond acceptors (Lipinski definition) is 2. The normalized spacial score (nSPS) is 12.2. The van der Waals surface area contributed by atoms with E-state index in [0.717, 1.165) is 56.1 Å². The molecule has 0 N–H and O–H groups in total. The summed E-state index contributed by atoms with van der Waals surface area (Å²) in [4.78, 5) is 4.89. The van der Waals surface area contributed by atoms with Crippen LogP contribution in [0.25, 0.3) is 72.3 Å². The van der Waals surface area contributed by atoms with Crippen molar-refractivity contribution in [2.24, 2.45) is 0 Å². The third-order valence-electron chi connectivity index (χ3n) is 12.8. The van der Waals surface area contributed by atoms with Gasteiger partial charge in [0.2, 0.25) is 0 Å². The molecule has 0 radical (unpaired) electrons. The van der Waals surface area contributed by atoms with E-state index in [0.29, 0.717) is 0 Å². The van der Waals surface area contributed by atoms with E-state index >= 15 is 0 Å². The van der Waals surface area contributed by atoms with Crippen molar-refractivity contribution in [3.63, 3.8) is 0 Å². The van der Waals surface area contributed by atoms with E-state index in [1.165, 1.54) is 44.3 Å². The summed E-state index contributed by atoms with van der Waals surface area (Å²) < 4.78 is 13.7. The first-order valence-corrected chi connectivity index (χ1v) is 22.8. The van der Waals surface area contributed by atoms with Crippen molar-refractivity contribution >= 4 is 32.8 Å². The Balaban J connectivity index is 0.00000548. The molecule has 0 aliphatic heterocycles. The Morgan fingerprint density at radius 1 is 0.470 bits per heavy atom. The summed E-state index contributed by atoms with van der Waals surface area (Å²) in [5.41, 5.74) is 15.1. The predicted octanol–water partition coefficient (Wildman–Crippen LogP) is 12.4. The lowest BCUT2D eigenvalue weighted by Gasteiger charge is -2.20. The first-order chi connectivity index (χ1) is 31.1. The number of hydrogen-bond donors (Lipinski definition) is 0. The highest BCUT2D eigenvalue weighted by atomic mass is 35.5. The molecule has 10 rings (SSSR count). The van der Waals surface area contributed by atoms with Crippen LogP contribution < -0.4 is 21.7 Å². The number of ether oxygens (including phenoxy) is 1.